The van der Waals surface area contributed by atoms with E-state index in [9.17, 15) is 14.4 Å². The number of aliphatic carboxylic acids is 1. The van der Waals surface area contributed by atoms with Gasteiger partial charge in [0.1, 0.15) is 11.2 Å². The first-order valence-electron chi connectivity index (χ1n) is 14.7. The summed E-state index contributed by atoms with van der Waals surface area (Å²) in [7, 11) is 2.00. The van der Waals surface area contributed by atoms with Gasteiger partial charge in [-0.25, -0.2) is 9.78 Å². The van der Waals surface area contributed by atoms with Gasteiger partial charge in [0.05, 0.1) is 24.2 Å². The van der Waals surface area contributed by atoms with E-state index in [1.807, 2.05) is 37.4 Å². The summed E-state index contributed by atoms with van der Waals surface area (Å²) in [5, 5.41) is 15.5. The van der Waals surface area contributed by atoms with E-state index in [1.54, 1.807) is 33.0 Å². The third kappa shape index (κ3) is 6.31. The average molecular weight is 597 g/mol. The van der Waals surface area contributed by atoms with Crippen molar-refractivity contribution >= 4 is 40.6 Å². The van der Waals surface area contributed by atoms with E-state index in [2.05, 4.69) is 30.2 Å². The van der Waals surface area contributed by atoms with Crippen LogP contribution >= 0.6 is 0 Å². The van der Waals surface area contributed by atoms with Gasteiger partial charge < -0.3 is 25.0 Å². The minimum atomic E-state index is -1.32. The molecule has 1 aromatic carbocycles. The molecule has 1 aliphatic rings. The number of benzene rings is 1. The van der Waals surface area contributed by atoms with E-state index in [1.165, 1.54) is 30.7 Å². The molecule has 0 bridgehead atoms. The number of carboxylic acid groups (broad SMARTS) is 1. The highest BCUT2D eigenvalue weighted by Crippen LogP contribution is 2.44. The zero-order chi connectivity index (χ0) is 31.4. The van der Waals surface area contributed by atoms with Gasteiger partial charge >= 0.3 is 5.97 Å². The number of aromatic nitrogens is 4. The molecule has 1 saturated carbocycles. The minimum absolute atomic E-state index is 0.0718. The van der Waals surface area contributed by atoms with Crippen LogP contribution in [-0.2, 0) is 16.6 Å². The molecule has 3 N–H and O–H groups in total. The molecule has 11 heteroatoms. The molecule has 0 aliphatic heterocycles. The maximum Gasteiger partial charge on any atom is 0.328 e. The Balaban J connectivity index is 1.38. The number of nitrogens with zero attached hydrogens (tertiary/aromatic N) is 4. The maximum atomic E-state index is 13.5. The van der Waals surface area contributed by atoms with Gasteiger partial charge in [-0.3, -0.25) is 14.6 Å². The molecule has 0 spiro atoms. The number of rotatable bonds is 10. The lowest BCUT2D eigenvalue weighted by Gasteiger charge is -2.25. The summed E-state index contributed by atoms with van der Waals surface area (Å²) in [6.07, 6.45) is 9.93. The van der Waals surface area contributed by atoms with Gasteiger partial charge in [-0.05, 0) is 75.4 Å². The molecule has 228 valence electrons. The quantitative estimate of drug-likeness (QED) is 0.208. The first kappa shape index (κ1) is 30.4. The van der Waals surface area contributed by atoms with Crippen molar-refractivity contribution < 1.29 is 24.2 Å². The number of hydrogen-bond acceptors (Lipinski definition) is 7. The molecule has 11 nitrogen and oxygen atoms in total. The number of fused-ring (bicyclic) bond motifs is 1. The number of anilines is 1. The lowest BCUT2D eigenvalue weighted by Crippen LogP contribution is -2.52. The highest BCUT2D eigenvalue weighted by molar-refractivity contribution is 6.05. The van der Waals surface area contributed by atoms with E-state index in [0.29, 0.717) is 11.5 Å². The molecule has 44 heavy (non-hydrogen) atoms. The van der Waals surface area contributed by atoms with E-state index in [4.69, 9.17) is 9.84 Å². The van der Waals surface area contributed by atoms with Crippen molar-refractivity contribution in [3.63, 3.8) is 0 Å². The third-order valence-corrected chi connectivity index (χ3v) is 7.84. The van der Waals surface area contributed by atoms with E-state index < -0.39 is 23.3 Å². The predicted molar refractivity (Wildman–Crippen MR) is 167 cm³/mol. The van der Waals surface area contributed by atoms with Gasteiger partial charge in [0.15, 0.2) is 5.82 Å². The number of carboxylic acids is 1. The molecule has 3 heterocycles. The van der Waals surface area contributed by atoms with Crippen LogP contribution in [0, 0.1) is 0 Å². The topological polar surface area (TPSA) is 148 Å². The fraction of sp³-hybridized carbons (Fsp3) is 0.333. The van der Waals surface area contributed by atoms with Crippen molar-refractivity contribution in [2.45, 2.75) is 57.9 Å². The van der Waals surface area contributed by atoms with Crippen molar-refractivity contribution in [2.75, 3.05) is 11.9 Å². The van der Waals surface area contributed by atoms with Crippen LogP contribution < -0.4 is 15.4 Å². The number of amides is 2. The van der Waals surface area contributed by atoms with Gasteiger partial charge in [0, 0.05) is 35.8 Å². The molecular formula is C33H36N6O5. The Morgan fingerprint density at radius 2 is 1.91 bits per heavy atom. The van der Waals surface area contributed by atoms with Crippen LogP contribution in [0.1, 0.15) is 74.0 Å². The van der Waals surface area contributed by atoms with Crippen LogP contribution in [0.25, 0.3) is 28.4 Å². The van der Waals surface area contributed by atoms with Gasteiger partial charge in [-0.1, -0.05) is 25.0 Å². The second-order valence-electron chi connectivity index (χ2n) is 11.3. The van der Waals surface area contributed by atoms with Crippen LogP contribution in [0.3, 0.4) is 0 Å². The van der Waals surface area contributed by atoms with E-state index in [0.717, 1.165) is 41.2 Å². The lowest BCUT2D eigenvalue weighted by atomic mass is 9.93. The summed E-state index contributed by atoms with van der Waals surface area (Å²) in [4.78, 5) is 50.7. The zero-order valence-electron chi connectivity index (χ0n) is 25.3. The first-order chi connectivity index (χ1) is 21.1. The van der Waals surface area contributed by atoms with Crippen LogP contribution in [0.2, 0.25) is 0 Å². The minimum Gasteiger partial charge on any atom is -0.478 e. The van der Waals surface area contributed by atoms with Crippen LogP contribution in [0.4, 0.5) is 5.82 Å². The van der Waals surface area contributed by atoms with Crippen LogP contribution in [0.5, 0.6) is 5.88 Å². The molecular weight excluding hydrogens is 560 g/mol. The Kier molecular flexibility index (Phi) is 8.75. The number of nitrogens with one attached hydrogen (secondary N) is 2. The largest absolute Gasteiger partial charge is 0.478 e. The summed E-state index contributed by atoms with van der Waals surface area (Å²) < 4.78 is 7.59. The fourth-order valence-electron chi connectivity index (χ4n) is 5.68. The van der Waals surface area contributed by atoms with Gasteiger partial charge in [-0.2, -0.15) is 4.98 Å². The van der Waals surface area contributed by atoms with Gasteiger partial charge in [0.2, 0.25) is 5.88 Å². The highest BCUT2D eigenvalue weighted by Gasteiger charge is 2.32. The molecule has 4 aromatic rings. The summed E-state index contributed by atoms with van der Waals surface area (Å²) in [6.45, 7) is 5.20. The second-order valence-corrected chi connectivity index (χ2v) is 11.3. The molecule has 0 radical (unpaired) electrons. The molecule has 1 aliphatic carbocycles. The molecule has 1 fully saturated rings. The summed E-state index contributed by atoms with van der Waals surface area (Å²) in [5.41, 5.74) is 3.50. The number of carbonyl (C=O) groups is 3. The Morgan fingerprint density at radius 1 is 1.14 bits per heavy atom. The summed E-state index contributed by atoms with van der Waals surface area (Å²) in [6, 6.07) is 11.6. The fourth-order valence-corrected chi connectivity index (χ4v) is 5.68. The summed E-state index contributed by atoms with van der Waals surface area (Å²) in [5.74, 6) is -1.45. The number of carbonyl (C=O) groups excluding carboxylic acids is 2. The van der Waals surface area contributed by atoms with Gasteiger partial charge in [-0.15, -0.1) is 0 Å². The lowest BCUT2D eigenvalue weighted by molar-refractivity contribution is -0.131. The molecule has 0 saturated heterocycles. The number of hydrogen-bond donors (Lipinski definition) is 3. The highest BCUT2D eigenvalue weighted by atomic mass is 16.5. The zero-order valence-corrected chi connectivity index (χ0v) is 25.3. The second kappa shape index (κ2) is 12.7. The van der Waals surface area contributed by atoms with Crippen LogP contribution in [0.15, 0.2) is 54.9 Å². The van der Waals surface area contributed by atoms with Crippen molar-refractivity contribution in [1.82, 2.24) is 24.8 Å². The molecule has 5 rings (SSSR count). The normalized spacial score (nSPS) is 13.8. The van der Waals surface area contributed by atoms with Crippen molar-refractivity contribution in [2.24, 2.45) is 7.05 Å². The van der Waals surface area contributed by atoms with Crippen molar-refractivity contribution in [3.8, 4) is 17.3 Å². The third-order valence-electron chi connectivity index (χ3n) is 7.84. The molecule has 0 unspecified atom stereocenters. The average Bonchev–Trinajstić information content (AvgIpc) is 3.63. The molecule has 2 amide bonds. The standard InChI is InChI=1S/C33H36N6O5/c1-5-44-31-24(15-16-27(40)41)35-19-26(36-31)37-32(43)33(2,3)38-30(42)21-13-14-22-25(18-21)39(4)29(23-12-8-9-17-34-23)28(22)20-10-6-7-11-20/h8-9,12-20H,5-7,10-11H2,1-4H3,(H,38,42)(H,40,41)(H,36,37,43)/b16-15+. The Hall–Kier alpha value is -5.06. The smallest absolute Gasteiger partial charge is 0.328 e. The monoisotopic (exact) mass is 596 g/mol. The van der Waals surface area contributed by atoms with E-state index in [-0.39, 0.29) is 24.0 Å². The first-order valence-corrected chi connectivity index (χ1v) is 14.7. The van der Waals surface area contributed by atoms with Crippen LogP contribution in [-0.4, -0.2) is 54.6 Å². The Labute approximate surface area is 255 Å². The Morgan fingerprint density at radius 3 is 2.59 bits per heavy atom. The van der Waals surface area contributed by atoms with Crippen molar-refractivity contribution in [3.05, 3.63) is 71.7 Å². The SMILES string of the molecule is CCOc1nc(NC(=O)C(C)(C)NC(=O)c2ccc3c(C4CCCC4)c(-c4ccccn4)n(C)c3c2)cnc1/C=C/C(=O)O. The van der Waals surface area contributed by atoms with Crippen molar-refractivity contribution in [1.29, 1.82) is 0 Å². The van der Waals surface area contributed by atoms with Gasteiger partial charge in [0.25, 0.3) is 11.8 Å². The predicted octanol–water partition coefficient (Wildman–Crippen LogP) is 5.33. The maximum absolute atomic E-state index is 13.5. The van der Waals surface area contributed by atoms with E-state index >= 15 is 0 Å². The Bertz CT molecular complexity index is 1740. The number of ether oxygens (including phenoxy) is 1. The molecule has 3 aromatic heterocycles. The molecule has 0 atom stereocenters. The number of aryl methyl sites for hydroxylation is 1. The summed E-state index contributed by atoms with van der Waals surface area (Å²) >= 11 is 0. The number of pyridine rings is 1.